The molecule has 0 spiro atoms. The number of nitrogens with one attached hydrogen (secondary N) is 2. The fraction of sp³-hybridized carbons (Fsp3) is 0.636. The highest BCUT2D eigenvalue weighted by Crippen LogP contribution is 2.37. The monoisotopic (exact) mass is 389 g/mol. The van der Waals surface area contributed by atoms with Crippen molar-refractivity contribution in [1.29, 1.82) is 0 Å². The van der Waals surface area contributed by atoms with Crippen molar-refractivity contribution in [2.24, 2.45) is 11.3 Å². The van der Waals surface area contributed by atoms with Crippen LogP contribution in [0.25, 0.3) is 0 Å². The van der Waals surface area contributed by atoms with E-state index in [1.54, 1.807) is 26.3 Å². The Balaban J connectivity index is 1.82. The predicted molar refractivity (Wildman–Crippen MR) is 112 cm³/mol. The molecule has 0 bridgehead atoms. The molecule has 2 atom stereocenters. The van der Waals surface area contributed by atoms with E-state index >= 15 is 0 Å². The minimum atomic E-state index is -0.227. The Hall–Kier alpha value is -2.08. The topological polar surface area (TPSA) is 70.7 Å². The lowest BCUT2D eigenvalue weighted by molar-refractivity contribution is -0.132. The molecule has 1 saturated carbocycles. The highest BCUT2D eigenvalue weighted by atomic mass is 16.5. The minimum absolute atomic E-state index is 0.0189. The van der Waals surface area contributed by atoms with Crippen LogP contribution in [0, 0.1) is 11.3 Å². The second kappa shape index (κ2) is 9.92. The van der Waals surface area contributed by atoms with Gasteiger partial charge in [-0.1, -0.05) is 39.7 Å². The molecule has 2 rings (SSSR count). The number of hydrogen-bond acceptors (Lipinski definition) is 4. The second-order valence-corrected chi connectivity index (χ2v) is 8.77. The molecule has 2 N–H and O–H groups in total. The van der Waals surface area contributed by atoms with E-state index in [4.69, 9.17) is 4.74 Å². The van der Waals surface area contributed by atoms with E-state index in [0.29, 0.717) is 23.4 Å². The summed E-state index contributed by atoms with van der Waals surface area (Å²) < 4.78 is 5.15. The van der Waals surface area contributed by atoms with Crippen molar-refractivity contribution in [3.05, 3.63) is 24.3 Å². The summed E-state index contributed by atoms with van der Waals surface area (Å²) in [7, 11) is 3.24. The molecule has 156 valence electrons. The molecule has 0 saturated heterocycles. The molecule has 2 amide bonds. The maximum absolute atomic E-state index is 12.5. The summed E-state index contributed by atoms with van der Waals surface area (Å²) in [5, 5.41) is 6.26. The van der Waals surface area contributed by atoms with Crippen LogP contribution >= 0.6 is 0 Å². The largest absolute Gasteiger partial charge is 0.497 e. The molecule has 28 heavy (non-hydrogen) atoms. The van der Waals surface area contributed by atoms with Crippen molar-refractivity contribution in [1.82, 2.24) is 10.2 Å². The van der Waals surface area contributed by atoms with Gasteiger partial charge in [0.2, 0.25) is 11.8 Å². The number of nitrogens with zero attached hydrogens (tertiary/aromatic N) is 1. The van der Waals surface area contributed by atoms with Gasteiger partial charge >= 0.3 is 0 Å². The Morgan fingerprint density at radius 3 is 2.61 bits per heavy atom. The minimum Gasteiger partial charge on any atom is -0.497 e. The summed E-state index contributed by atoms with van der Waals surface area (Å²) in [6, 6.07) is 7.52. The maximum atomic E-state index is 12.5. The summed E-state index contributed by atoms with van der Waals surface area (Å²) in [4.78, 5) is 26.2. The molecule has 1 aliphatic carbocycles. The van der Waals surface area contributed by atoms with Crippen molar-refractivity contribution < 1.29 is 14.3 Å². The fourth-order valence-electron chi connectivity index (χ4n) is 3.97. The number of likely N-dealkylation sites (N-methyl/N-ethyl adjacent to an activating group) is 1. The van der Waals surface area contributed by atoms with Gasteiger partial charge in [-0.25, -0.2) is 0 Å². The number of carbonyl (C=O) groups excluding carboxylic acids is 2. The Morgan fingerprint density at radius 1 is 1.21 bits per heavy atom. The molecular weight excluding hydrogens is 354 g/mol. The summed E-state index contributed by atoms with van der Waals surface area (Å²) >= 11 is 0. The van der Waals surface area contributed by atoms with Crippen molar-refractivity contribution >= 4 is 17.5 Å². The number of anilines is 1. The lowest BCUT2D eigenvalue weighted by Gasteiger charge is -2.41. The second-order valence-electron chi connectivity index (χ2n) is 8.77. The highest BCUT2D eigenvalue weighted by Gasteiger charge is 2.34. The van der Waals surface area contributed by atoms with Crippen LogP contribution in [0.2, 0.25) is 0 Å². The van der Waals surface area contributed by atoms with Gasteiger partial charge in [-0.15, -0.1) is 0 Å². The zero-order valence-electron chi connectivity index (χ0n) is 17.9. The normalized spacial score (nSPS) is 19.8. The van der Waals surface area contributed by atoms with Gasteiger partial charge < -0.3 is 20.3 Å². The average molecular weight is 390 g/mol. The average Bonchev–Trinajstić information content (AvgIpc) is 2.65. The van der Waals surface area contributed by atoms with Gasteiger partial charge in [0, 0.05) is 24.8 Å². The smallest absolute Gasteiger partial charge is 0.243 e. The van der Waals surface area contributed by atoms with Crippen molar-refractivity contribution in [3.63, 3.8) is 0 Å². The molecule has 2 unspecified atom stereocenters. The summed E-state index contributed by atoms with van der Waals surface area (Å²) in [5.74, 6) is 0.941. The van der Waals surface area contributed by atoms with Gasteiger partial charge in [-0.05, 0) is 36.3 Å². The molecule has 1 aromatic carbocycles. The zero-order valence-corrected chi connectivity index (χ0v) is 17.9. The molecule has 1 aliphatic rings. The molecule has 6 heteroatoms. The van der Waals surface area contributed by atoms with Crippen LogP contribution in [0.3, 0.4) is 0 Å². The SMILES string of the molecule is COc1cccc(NC(=O)CN(C)C(=O)CNC2CCCCC2C(C)(C)C)c1. The third-order valence-electron chi connectivity index (χ3n) is 5.55. The maximum Gasteiger partial charge on any atom is 0.243 e. The van der Waals surface area contributed by atoms with Gasteiger partial charge in [0.25, 0.3) is 0 Å². The fourth-order valence-corrected chi connectivity index (χ4v) is 3.97. The van der Waals surface area contributed by atoms with Crippen molar-refractivity contribution in [3.8, 4) is 5.75 Å². The van der Waals surface area contributed by atoms with Crippen LogP contribution in [0.4, 0.5) is 5.69 Å². The van der Waals surface area contributed by atoms with Gasteiger partial charge in [-0.3, -0.25) is 9.59 Å². The van der Waals surface area contributed by atoms with Crippen LogP contribution in [0.15, 0.2) is 24.3 Å². The number of hydrogen-bond donors (Lipinski definition) is 2. The first kappa shape index (κ1) is 22.2. The van der Waals surface area contributed by atoms with Crippen LogP contribution < -0.4 is 15.4 Å². The van der Waals surface area contributed by atoms with Gasteiger partial charge in [0.15, 0.2) is 0 Å². The van der Waals surface area contributed by atoms with Gasteiger partial charge in [0.05, 0.1) is 20.2 Å². The van der Waals surface area contributed by atoms with E-state index in [-0.39, 0.29) is 30.3 Å². The molecule has 1 fully saturated rings. The van der Waals surface area contributed by atoms with Crippen LogP contribution in [0.5, 0.6) is 5.75 Å². The van der Waals surface area contributed by atoms with E-state index < -0.39 is 0 Å². The summed E-state index contributed by atoms with van der Waals surface area (Å²) in [6.07, 6.45) is 4.78. The molecule has 1 aromatic rings. The number of benzene rings is 1. The Kier molecular flexibility index (Phi) is 7.87. The predicted octanol–water partition coefficient (Wildman–Crippen LogP) is 3.29. The van der Waals surface area contributed by atoms with E-state index in [0.717, 1.165) is 6.42 Å². The Morgan fingerprint density at radius 2 is 1.93 bits per heavy atom. The first-order valence-corrected chi connectivity index (χ1v) is 10.1. The van der Waals surface area contributed by atoms with Crippen LogP contribution in [-0.4, -0.2) is 50.0 Å². The first-order chi connectivity index (χ1) is 13.2. The summed E-state index contributed by atoms with van der Waals surface area (Å²) in [5.41, 5.74) is 0.877. The lowest BCUT2D eigenvalue weighted by Crippen LogP contribution is -2.48. The van der Waals surface area contributed by atoms with Crippen LogP contribution in [-0.2, 0) is 9.59 Å². The van der Waals surface area contributed by atoms with Crippen molar-refractivity contribution in [2.75, 3.05) is 32.6 Å². The molecule has 6 nitrogen and oxygen atoms in total. The molecule has 0 aromatic heterocycles. The number of ether oxygens (including phenoxy) is 1. The zero-order chi connectivity index (χ0) is 20.7. The third kappa shape index (κ3) is 6.51. The Labute approximate surface area is 169 Å². The number of amides is 2. The summed E-state index contributed by atoms with van der Waals surface area (Å²) in [6.45, 7) is 7.10. The lowest BCUT2D eigenvalue weighted by atomic mass is 9.69. The van der Waals surface area contributed by atoms with E-state index in [1.165, 1.54) is 24.2 Å². The van der Waals surface area contributed by atoms with E-state index in [1.807, 2.05) is 12.1 Å². The number of rotatable bonds is 7. The van der Waals surface area contributed by atoms with Gasteiger partial charge in [0.1, 0.15) is 5.75 Å². The number of methoxy groups -OCH3 is 1. The molecule has 0 aliphatic heterocycles. The van der Waals surface area contributed by atoms with E-state index in [2.05, 4.69) is 31.4 Å². The molecule has 0 radical (unpaired) electrons. The standard InChI is InChI=1S/C22H35N3O3/c1-22(2,3)18-11-6-7-12-19(18)23-14-21(27)25(4)15-20(26)24-16-9-8-10-17(13-16)28-5/h8-10,13,18-19,23H,6-7,11-12,14-15H2,1-5H3,(H,24,26). The van der Waals surface area contributed by atoms with E-state index in [9.17, 15) is 9.59 Å². The van der Waals surface area contributed by atoms with Gasteiger partial charge in [-0.2, -0.15) is 0 Å². The number of carbonyl (C=O) groups is 2. The van der Waals surface area contributed by atoms with Crippen LogP contribution in [0.1, 0.15) is 46.5 Å². The first-order valence-electron chi connectivity index (χ1n) is 10.1. The molecular formula is C22H35N3O3. The Bertz CT molecular complexity index is 669. The molecule has 0 heterocycles. The third-order valence-corrected chi connectivity index (χ3v) is 5.55. The van der Waals surface area contributed by atoms with Crippen molar-refractivity contribution in [2.45, 2.75) is 52.5 Å². The highest BCUT2D eigenvalue weighted by molar-refractivity contribution is 5.94. The quantitative estimate of drug-likeness (QED) is 0.751.